The second-order valence-electron chi connectivity index (χ2n) is 6.51. The maximum absolute atomic E-state index is 12.6. The molecule has 0 aliphatic carbocycles. The molecule has 0 aliphatic heterocycles. The molecular formula is C21H16N4O4. The fraction of sp³-hybridized carbons (Fsp3) is 0.0952. The third kappa shape index (κ3) is 3.55. The molecule has 0 saturated carbocycles. The third-order valence-electron chi connectivity index (χ3n) is 4.71. The number of aryl methyl sites for hydroxylation is 2. The van der Waals surface area contributed by atoms with Crippen LogP contribution in [-0.4, -0.2) is 19.5 Å². The molecule has 8 heteroatoms. The van der Waals surface area contributed by atoms with Crippen molar-refractivity contribution in [3.05, 3.63) is 103 Å². The zero-order valence-corrected chi connectivity index (χ0v) is 15.2. The highest BCUT2D eigenvalue weighted by atomic mass is 16.6. The molecule has 0 bridgehead atoms. The molecule has 0 radical (unpaired) electrons. The molecule has 0 aliphatic rings. The lowest BCUT2D eigenvalue weighted by Gasteiger charge is -2.11. The molecule has 8 nitrogen and oxygen atoms in total. The van der Waals surface area contributed by atoms with Crippen LogP contribution < -0.4 is 11.2 Å². The number of nitrogens with one attached hydrogen (secondary N) is 1. The molecule has 0 saturated heterocycles. The number of H-pyrrole nitrogens is 1. The summed E-state index contributed by atoms with van der Waals surface area (Å²) in [7, 11) is 0. The number of nitrogens with zero attached hydrogens (tertiary/aromatic N) is 3. The number of fused-ring (bicyclic) bond motifs is 1. The van der Waals surface area contributed by atoms with E-state index in [1.54, 1.807) is 18.2 Å². The molecule has 0 amide bonds. The van der Waals surface area contributed by atoms with Crippen LogP contribution in [0.4, 0.5) is 5.69 Å². The van der Waals surface area contributed by atoms with Gasteiger partial charge in [0.2, 0.25) is 0 Å². The average molecular weight is 388 g/mol. The van der Waals surface area contributed by atoms with Gasteiger partial charge in [0, 0.05) is 24.9 Å². The van der Waals surface area contributed by atoms with Crippen molar-refractivity contribution in [1.82, 2.24) is 14.5 Å². The molecule has 29 heavy (non-hydrogen) atoms. The number of hydrogen-bond donors (Lipinski definition) is 1. The molecule has 2 aromatic heterocycles. The van der Waals surface area contributed by atoms with Crippen molar-refractivity contribution < 1.29 is 4.92 Å². The van der Waals surface area contributed by atoms with Crippen molar-refractivity contribution in [3.63, 3.8) is 0 Å². The Balaban J connectivity index is 1.87. The average Bonchev–Trinajstić information content (AvgIpc) is 2.74. The Kier molecular flexibility index (Phi) is 4.74. The van der Waals surface area contributed by atoms with Gasteiger partial charge >= 0.3 is 5.69 Å². The highest BCUT2D eigenvalue weighted by molar-refractivity contribution is 5.92. The van der Waals surface area contributed by atoms with E-state index in [-0.39, 0.29) is 16.7 Å². The van der Waals surface area contributed by atoms with E-state index in [0.717, 1.165) is 5.56 Å². The molecule has 2 heterocycles. The van der Waals surface area contributed by atoms with Crippen LogP contribution in [0, 0.1) is 10.1 Å². The van der Waals surface area contributed by atoms with Gasteiger partial charge in [-0.05, 0) is 29.2 Å². The van der Waals surface area contributed by atoms with Gasteiger partial charge in [0.1, 0.15) is 5.65 Å². The summed E-state index contributed by atoms with van der Waals surface area (Å²) in [4.78, 5) is 42.3. The monoisotopic (exact) mass is 388 g/mol. The zero-order chi connectivity index (χ0) is 20.4. The van der Waals surface area contributed by atoms with E-state index in [1.165, 1.54) is 22.9 Å². The standard InChI is InChI=1S/C21H16N4O4/c26-20-18-17(15-7-4-8-16(13-15)25(28)29)9-11-22-19(18)24(21(27)23-20)12-10-14-5-2-1-3-6-14/h1-9,11,13H,10,12H2,(H,23,26,27). The molecule has 0 spiro atoms. The van der Waals surface area contributed by atoms with Gasteiger partial charge in [0.15, 0.2) is 0 Å². The van der Waals surface area contributed by atoms with Crippen molar-refractivity contribution in [2.45, 2.75) is 13.0 Å². The number of nitro benzene ring substituents is 1. The number of rotatable bonds is 5. The topological polar surface area (TPSA) is 111 Å². The number of benzene rings is 2. The van der Waals surface area contributed by atoms with Crippen LogP contribution in [0.25, 0.3) is 22.2 Å². The lowest BCUT2D eigenvalue weighted by atomic mass is 10.0. The Bertz CT molecular complexity index is 1330. The molecule has 4 rings (SSSR count). The number of pyridine rings is 1. The number of non-ortho nitro benzene ring substituents is 1. The first-order valence-electron chi connectivity index (χ1n) is 8.95. The highest BCUT2D eigenvalue weighted by Crippen LogP contribution is 2.27. The minimum atomic E-state index is -0.574. The second-order valence-corrected chi connectivity index (χ2v) is 6.51. The maximum Gasteiger partial charge on any atom is 0.330 e. The predicted molar refractivity (Wildman–Crippen MR) is 109 cm³/mol. The van der Waals surface area contributed by atoms with E-state index < -0.39 is 16.2 Å². The van der Waals surface area contributed by atoms with Gasteiger partial charge in [-0.15, -0.1) is 0 Å². The van der Waals surface area contributed by atoms with Gasteiger partial charge in [-0.1, -0.05) is 42.5 Å². The van der Waals surface area contributed by atoms with Crippen LogP contribution in [0.15, 0.2) is 76.4 Å². The Morgan fingerprint density at radius 2 is 1.83 bits per heavy atom. The lowest BCUT2D eigenvalue weighted by Crippen LogP contribution is -2.31. The first-order chi connectivity index (χ1) is 14.0. The molecule has 4 aromatic rings. The molecule has 0 fully saturated rings. The maximum atomic E-state index is 12.6. The van der Waals surface area contributed by atoms with E-state index >= 15 is 0 Å². The fourth-order valence-corrected chi connectivity index (χ4v) is 3.32. The SMILES string of the molecule is O=c1[nH]c(=O)n(CCc2ccccc2)c2nccc(-c3cccc([N+](=O)[O-])c3)c12. The van der Waals surface area contributed by atoms with Gasteiger partial charge in [-0.3, -0.25) is 24.5 Å². The second kappa shape index (κ2) is 7.51. The number of hydrogen-bond acceptors (Lipinski definition) is 5. The van der Waals surface area contributed by atoms with Crippen LogP contribution in [-0.2, 0) is 13.0 Å². The Hall–Kier alpha value is -4.07. The summed E-state index contributed by atoms with van der Waals surface area (Å²) < 4.78 is 1.42. The number of nitro groups is 1. The van der Waals surface area contributed by atoms with Gasteiger partial charge in [0.05, 0.1) is 10.3 Å². The fourth-order valence-electron chi connectivity index (χ4n) is 3.32. The van der Waals surface area contributed by atoms with Crippen LogP contribution >= 0.6 is 0 Å². The number of aromatic amines is 1. The van der Waals surface area contributed by atoms with E-state index in [0.29, 0.717) is 24.1 Å². The van der Waals surface area contributed by atoms with Crippen molar-refractivity contribution in [2.24, 2.45) is 0 Å². The molecular weight excluding hydrogens is 372 g/mol. The van der Waals surface area contributed by atoms with Crippen molar-refractivity contribution >= 4 is 16.7 Å². The van der Waals surface area contributed by atoms with Crippen LogP contribution in [0.2, 0.25) is 0 Å². The molecule has 0 atom stereocenters. The first-order valence-corrected chi connectivity index (χ1v) is 8.95. The Labute approximate surface area is 164 Å². The summed E-state index contributed by atoms with van der Waals surface area (Å²) in [6, 6.07) is 17.3. The van der Waals surface area contributed by atoms with Gasteiger partial charge in [-0.25, -0.2) is 9.78 Å². The summed E-state index contributed by atoms with van der Waals surface area (Å²) in [5, 5.41) is 11.3. The lowest BCUT2D eigenvalue weighted by molar-refractivity contribution is -0.384. The van der Waals surface area contributed by atoms with E-state index in [9.17, 15) is 19.7 Å². The Morgan fingerprint density at radius 1 is 1.03 bits per heavy atom. The first kappa shape index (κ1) is 18.3. The van der Waals surface area contributed by atoms with Gasteiger partial charge in [-0.2, -0.15) is 0 Å². The quantitative estimate of drug-likeness (QED) is 0.417. The Morgan fingerprint density at radius 3 is 2.59 bits per heavy atom. The van der Waals surface area contributed by atoms with E-state index in [2.05, 4.69) is 9.97 Å². The van der Waals surface area contributed by atoms with Gasteiger partial charge in [0.25, 0.3) is 11.2 Å². The van der Waals surface area contributed by atoms with E-state index in [4.69, 9.17) is 0 Å². The summed E-state index contributed by atoms with van der Waals surface area (Å²) in [6.07, 6.45) is 2.08. The molecule has 2 aromatic carbocycles. The van der Waals surface area contributed by atoms with Crippen LogP contribution in [0.5, 0.6) is 0 Å². The van der Waals surface area contributed by atoms with Crippen LogP contribution in [0.1, 0.15) is 5.56 Å². The van der Waals surface area contributed by atoms with E-state index in [1.807, 2.05) is 30.3 Å². The summed E-state index contributed by atoms with van der Waals surface area (Å²) in [5.74, 6) is 0. The molecule has 0 unspecified atom stereocenters. The minimum absolute atomic E-state index is 0.0821. The summed E-state index contributed by atoms with van der Waals surface area (Å²) >= 11 is 0. The molecule has 144 valence electrons. The van der Waals surface area contributed by atoms with Gasteiger partial charge < -0.3 is 0 Å². The largest absolute Gasteiger partial charge is 0.330 e. The summed E-state index contributed by atoms with van der Waals surface area (Å²) in [6.45, 7) is 0.335. The highest BCUT2D eigenvalue weighted by Gasteiger charge is 2.15. The molecule has 1 N–H and O–H groups in total. The normalized spacial score (nSPS) is 10.9. The minimum Gasteiger partial charge on any atom is -0.277 e. The summed E-state index contributed by atoms with van der Waals surface area (Å²) in [5.41, 5.74) is 1.09. The van der Waals surface area contributed by atoms with Crippen LogP contribution in [0.3, 0.4) is 0 Å². The zero-order valence-electron chi connectivity index (χ0n) is 15.2. The van der Waals surface area contributed by atoms with Crippen molar-refractivity contribution in [3.8, 4) is 11.1 Å². The number of aromatic nitrogens is 3. The van der Waals surface area contributed by atoms with Crippen molar-refractivity contribution in [1.29, 1.82) is 0 Å². The third-order valence-corrected chi connectivity index (χ3v) is 4.71. The van der Waals surface area contributed by atoms with Crippen molar-refractivity contribution in [2.75, 3.05) is 0 Å². The smallest absolute Gasteiger partial charge is 0.277 e. The predicted octanol–water partition coefficient (Wildman–Crippen LogP) is 2.90.